The zero-order valence-corrected chi connectivity index (χ0v) is 11.9. The number of hydrogen-bond donors (Lipinski definition) is 2. The van der Waals surface area contributed by atoms with Crippen LogP contribution < -0.4 is 0 Å². The molecule has 7 heteroatoms. The van der Waals surface area contributed by atoms with E-state index in [0.717, 1.165) is 13.0 Å². The lowest BCUT2D eigenvalue weighted by Gasteiger charge is -2.18. The lowest BCUT2D eigenvalue weighted by Crippen LogP contribution is -2.31. The number of hydrogen-bond acceptors (Lipinski definition) is 4. The van der Waals surface area contributed by atoms with E-state index in [4.69, 9.17) is 19.8 Å². The summed E-state index contributed by atoms with van der Waals surface area (Å²) >= 11 is 0. The minimum absolute atomic E-state index is 0.247. The van der Waals surface area contributed by atoms with Crippen LogP contribution in [0.25, 0.3) is 0 Å². The highest BCUT2D eigenvalue weighted by Crippen LogP contribution is 2.16. The van der Waals surface area contributed by atoms with E-state index in [1.807, 2.05) is 23.9 Å². The van der Waals surface area contributed by atoms with E-state index in [9.17, 15) is 4.79 Å². The Bertz CT molecular complexity index is 410. The van der Waals surface area contributed by atoms with Crippen LogP contribution in [0.5, 0.6) is 0 Å². The summed E-state index contributed by atoms with van der Waals surface area (Å²) in [4.78, 5) is 33.4. The normalized spacial score (nSPS) is 17.1. The second-order valence-electron chi connectivity index (χ2n) is 4.61. The Morgan fingerprint density at radius 2 is 1.85 bits per heavy atom. The zero-order valence-electron chi connectivity index (χ0n) is 11.9. The van der Waals surface area contributed by atoms with Crippen LogP contribution in [0.3, 0.4) is 0 Å². The molecule has 0 bridgehead atoms. The van der Waals surface area contributed by atoms with Crippen LogP contribution in [-0.4, -0.2) is 71.1 Å². The summed E-state index contributed by atoms with van der Waals surface area (Å²) < 4.78 is 0. The molecule has 0 spiro atoms. The van der Waals surface area contributed by atoms with Gasteiger partial charge in [0.1, 0.15) is 0 Å². The van der Waals surface area contributed by atoms with E-state index < -0.39 is 11.9 Å². The van der Waals surface area contributed by atoms with Gasteiger partial charge in [-0.25, -0.2) is 9.59 Å². The Hall–Kier alpha value is -2.07. The highest BCUT2D eigenvalue weighted by Gasteiger charge is 2.26. The van der Waals surface area contributed by atoms with Crippen molar-refractivity contribution >= 4 is 17.8 Å². The zero-order chi connectivity index (χ0) is 15.7. The molecule has 1 rings (SSSR count). The maximum Gasteiger partial charge on any atom is 0.414 e. The number of amides is 1. The lowest BCUT2D eigenvalue weighted by atomic mass is 10.2. The van der Waals surface area contributed by atoms with E-state index in [2.05, 4.69) is 18.8 Å². The van der Waals surface area contributed by atoms with Gasteiger partial charge in [-0.05, 0) is 27.4 Å². The molecule has 20 heavy (non-hydrogen) atoms. The smallest absolute Gasteiger partial charge is 0.414 e. The van der Waals surface area contributed by atoms with Crippen molar-refractivity contribution in [3.8, 4) is 11.8 Å². The molecule has 1 atom stereocenters. The van der Waals surface area contributed by atoms with Crippen LogP contribution >= 0.6 is 0 Å². The van der Waals surface area contributed by atoms with Crippen LogP contribution in [0.2, 0.25) is 0 Å². The first-order valence-corrected chi connectivity index (χ1v) is 6.11. The van der Waals surface area contributed by atoms with Gasteiger partial charge in [-0.3, -0.25) is 9.69 Å². The van der Waals surface area contributed by atoms with Crippen LogP contribution in [0.4, 0.5) is 0 Å². The highest BCUT2D eigenvalue weighted by atomic mass is 16.4. The summed E-state index contributed by atoms with van der Waals surface area (Å²) in [6.45, 7) is 3.43. The van der Waals surface area contributed by atoms with Crippen LogP contribution in [-0.2, 0) is 14.4 Å². The van der Waals surface area contributed by atoms with Crippen molar-refractivity contribution in [2.75, 3.05) is 27.2 Å². The van der Waals surface area contributed by atoms with Crippen molar-refractivity contribution in [2.45, 2.75) is 25.8 Å². The molecule has 0 aromatic rings. The first-order chi connectivity index (χ1) is 9.25. The maximum atomic E-state index is 11.4. The number of carboxylic acids is 2. The molecule has 1 saturated heterocycles. The predicted octanol–water partition coefficient (Wildman–Crippen LogP) is -0.282. The Kier molecular flexibility index (Phi) is 8.01. The fourth-order valence-corrected chi connectivity index (χ4v) is 1.48. The van der Waals surface area contributed by atoms with E-state index >= 15 is 0 Å². The van der Waals surface area contributed by atoms with Crippen LogP contribution in [0.15, 0.2) is 0 Å². The molecule has 1 fully saturated rings. The molecule has 0 saturated carbocycles. The summed E-state index contributed by atoms with van der Waals surface area (Å²) in [5.74, 6) is 2.67. The van der Waals surface area contributed by atoms with Crippen molar-refractivity contribution in [3.05, 3.63) is 0 Å². The van der Waals surface area contributed by atoms with Crippen molar-refractivity contribution in [3.63, 3.8) is 0 Å². The van der Waals surface area contributed by atoms with Gasteiger partial charge in [0.25, 0.3) is 0 Å². The summed E-state index contributed by atoms with van der Waals surface area (Å²) in [6, 6.07) is 0.371. The predicted molar refractivity (Wildman–Crippen MR) is 72.0 cm³/mol. The average molecular weight is 284 g/mol. The molecule has 7 nitrogen and oxygen atoms in total. The molecule has 1 heterocycles. The third-order valence-corrected chi connectivity index (χ3v) is 2.58. The maximum absolute atomic E-state index is 11.4. The molecule has 112 valence electrons. The van der Waals surface area contributed by atoms with E-state index in [0.29, 0.717) is 19.0 Å². The third-order valence-electron chi connectivity index (χ3n) is 2.58. The number of nitrogens with zero attached hydrogens (tertiary/aromatic N) is 2. The van der Waals surface area contributed by atoms with Gasteiger partial charge in [0.2, 0.25) is 5.91 Å². The minimum Gasteiger partial charge on any atom is -0.473 e. The number of carboxylic acid groups (broad SMARTS) is 2. The van der Waals surface area contributed by atoms with Gasteiger partial charge in [-0.15, -0.1) is 0 Å². The van der Waals surface area contributed by atoms with Crippen molar-refractivity contribution in [1.82, 2.24) is 9.80 Å². The molecular formula is C13H20N2O5. The highest BCUT2D eigenvalue weighted by molar-refractivity contribution is 6.27. The van der Waals surface area contributed by atoms with Gasteiger partial charge in [0.05, 0.1) is 13.1 Å². The third kappa shape index (κ3) is 7.38. The first kappa shape index (κ1) is 17.9. The molecule has 1 aliphatic rings. The lowest BCUT2D eigenvalue weighted by molar-refractivity contribution is -0.159. The topological polar surface area (TPSA) is 98.2 Å². The summed E-state index contributed by atoms with van der Waals surface area (Å²) in [5, 5.41) is 14.8. The summed E-state index contributed by atoms with van der Waals surface area (Å²) in [6.07, 6.45) is 1.67. The van der Waals surface area contributed by atoms with Gasteiger partial charge in [-0.2, -0.15) is 0 Å². The van der Waals surface area contributed by atoms with Crippen molar-refractivity contribution < 1.29 is 24.6 Å². The number of aliphatic carboxylic acids is 2. The van der Waals surface area contributed by atoms with Crippen molar-refractivity contribution in [1.29, 1.82) is 0 Å². The summed E-state index contributed by atoms with van der Waals surface area (Å²) in [5.41, 5.74) is 0. The van der Waals surface area contributed by atoms with Gasteiger partial charge in [0, 0.05) is 12.5 Å². The van der Waals surface area contributed by atoms with Crippen LogP contribution in [0, 0.1) is 11.8 Å². The summed E-state index contributed by atoms with van der Waals surface area (Å²) in [7, 11) is 3.97. The van der Waals surface area contributed by atoms with Gasteiger partial charge >= 0.3 is 11.9 Å². The van der Waals surface area contributed by atoms with Crippen molar-refractivity contribution in [2.24, 2.45) is 0 Å². The fraction of sp³-hybridized carbons (Fsp3) is 0.615. The number of carbonyl (C=O) groups excluding carboxylic acids is 1. The molecule has 0 aromatic heterocycles. The van der Waals surface area contributed by atoms with E-state index in [1.54, 1.807) is 0 Å². The average Bonchev–Trinajstić information content (AvgIpc) is 2.66. The van der Waals surface area contributed by atoms with Gasteiger partial charge in [-0.1, -0.05) is 11.8 Å². The second-order valence-corrected chi connectivity index (χ2v) is 4.61. The molecule has 2 N–H and O–H groups in total. The molecule has 1 aliphatic heterocycles. The Balaban J connectivity index is 0.000000511. The second kappa shape index (κ2) is 8.93. The van der Waals surface area contributed by atoms with E-state index in [1.165, 1.54) is 0 Å². The Morgan fingerprint density at radius 3 is 2.20 bits per heavy atom. The van der Waals surface area contributed by atoms with Crippen LogP contribution in [0.1, 0.15) is 19.8 Å². The van der Waals surface area contributed by atoms with Gasteiger partial charge in [0.15, 0.2) is 0 Å². The number of carbonyl (C=O) groups is 3. The number of likely N-dealkylation sites (tertiary alicyclic amines) is 1. The molecule has 0 aromatic carbocycles. The molecular weight excluding hydrogens is 264 g/mol. The number of rotatable bonds is 2. The van der Waals surface area contributed by atoms with Gasteiger partial charge < -0.3 is 15.1 Å². The first-order valence-electron chi connectivity index (χ1n) is 6.11. The molecule has 0 aliphatic carbocycles. The molecule has 0 radical (unpaired) electrons. The minimum atomic E-state index is -1.82. The molecule has 1 amide bonds. The van der Waals surface area contributed by atoms with E-state index in [-0.39, 0.29) is 5.91 Å². The SMILES string of the molecule is CC1CCC(=O)N1CC#CCN(C)C.O=C(O)C(=O)O. The monoisotopic (exact) mass is 284 g/mol. The standard InChI is InChI=1S/C11H18N2O.C2H2O4/c1-10-6-7-11(14)13(10)9-5-4-8-12(2)3;3-1(4)2(5)6/h10H,6-9H2,1-3H3;(H,3,4)(H,5,6). The largest absolute Gasteiger partial charge is 0.473 e. The molecule has 1 unspecified atom stereocenters. The fourth-order valence-electron chi connectivity index (χ4n) is 1.48. The Morgan fingerprint density at radius 1 is 1.30 bits per heavy atom. The Labute approximate surface area is 118 Å². The quantitative estimate of drug-likeness (QED) is 0.534.